The third-order valence-electron chi connectivity index (χ3n) is 4.59. The fourth-order valence-electron chi connectivity index (χ4n) is 3.12. The monoisotopic (exact) mass is 340 g/mol. The molecule has 2 N–H and O–H groups in total. The Hall–Kier alpha value is -2.83. The van der Waals surface area contributed by atoms with Crippen molar-refractivity contribution in [1.82, 2.24) is 15.0 Å². The second kappa shape index (κ2) is 6.96. The molecule has 1 fully saturated rings. The van der Waals surface area contributed by atoms with Gasteiger partial charge in [-0.25, -0.2) is 4.98 Å². The topological polar surface area (TPSA) is 108 Å². The van der Waals surface area contributed by atoms with Gasteiger partial charge in [0.2, 0.25) is 11.8 Å². The van der Waals surface area contributed by atoms with Crippen molar-refractivity contribution in [3.63, 3.8) is 0 Å². The fraction of sp³-hybridized carbons (Fsp3) is 0.389. The van der Waals surface area contributed by atoms with Gasteiger partial charge in [-0.1, -0.05) is 0 Å². The van der Waals surface area contributed by atoms with Crippen molar-refractivity contribution in [2.45, 2.75) is 38.0 Å². The third kappa shape index (κ3) is 3.35. The van der Waals surface area contributed by atoms with Crippen LogP contribution in [0.1, 0.15) is 38.3 Å². The van der Waals surface area contributed by atoms with E-state index in [1.807, 2.05) is 13.0 Å². The SMILES string of the molecule is CCOc1cncc(-c2ccc(C3(C(N)=O)CCC(=O)CC3)nc2)n1. The molecule has 0 atom stereocenters. The van der Waals surface area contributed by atoms with Gasteiger partial charge < -0.3 is 10.5 Å². The standard InChI is InChI=1S/C18H20N4O3/c1-2-25-16-11-20-10-14(22-16)12-3-4-15(21-9-12)18(17(19)24)7-5-13(23)6-8-18/h3-4,9-11H,2,5-8H2,1H3,(H2,19,24). The molecule has 0 bridgehead atoms. The number of amides is 1. The molecule has 0 spiro atoms. The summed E-state index contributed by atoms with van der Waals surface area (Å²) in [5.41, 5.74) is 6.79. The van der Waals surface area contributed by atoms with Crippen LogP contribution in [0.25, 0.3) is 11.3 Å². The van der Waals surface area contributed by atoms with Crippen LogP contribution in [0, 0.1) is 0 Å². The van der Waals surface area contributed by atoms with E-state index in [-0.39, 0.29) is 5.78 Å². The van der Waals surface area contributed by atoms with Crippen LogP contribution in [0.4, 0.5) is 0 Å². The molecule has 2 aromatic heterocycles. The van der Waals surface area contributed by atoms with Crippen LogP contribution in [0.3, 0.4) is 0 Å². The molecule has 0 aliphatic heterocycles. The molecule has 0 radical (unpaired) electrons. The molecule has 25 heavy (non-hydrogen) atoms. The summed E-state index contributed by atoms with van der Waals surface area (Å²) in [5, 5.41) is 0. The van der Waals surface area contributed by atoms with Crippen LogP contribution < -0.4 is 10.5 Å². The quantitative estimate of drug-likeness (QED) is 0.889. The van der Waals surface area contributed by atoms with Crippen molar-refractivity contribution in [2.75, 3.05) is 6.61 Å². The number of carbonyl (C=O) groups is 2. The number of primary amides is 1. The molecule has 7 heteroatoms. The van der Waals surface area contributed by atoms with Gasteiger partial charge in [-0.05, 0) is 31.9 Å². The van der Waals surface area contributed by atoms with Gasteiger partial charge >= 0.3 is 0 Å². The number of hydrogen-bond acceptors (Lipinski definition) is 6. The molecular weight excluding hydrogens is 320 g/mol. The van der Waals surface area contributed by atoms with E-state index in [1.165, 1.54) is 0 Å². The lowest BCUT2D eigenvalue weighted by Crippen LogP contribution is -2.44. The van der Waals surface area contributed by atoms with Crippen molar-refractivity contribution < 1.29 is 14.3 Å². The number of aromatic nitrogens is 3. The summed E-state index contributed by atoms with van der Waals surface area (Å²) >= 11 is 0. The van der Waals surface area contributed by atoms with Crippen LogP contribution >= 0.6 is 0 Å². The highest BCUT2D eigenvalue weighted by Gasteiger charge is 2.42. The Morgan fingerprint density at radius 2 is 2.00 bits per heavy atom. The normalized spacial score (nSPS) is 16.4. The summed E-state index contributed by atoms with van der Waals surface area (Å²) in [7, 11) is 0. The Morgan fingerprint density at radius 1 is 1.24 bits per heavy atom. The number of nitrogens with two attached hydrogens (primary N) is 1. The van der Waals surface area contributed by atoms with E-state index in [9.17, 15) is 9.59 Å². The molecule has 0 saturated heterocycles. The molecule has 7 nitrogen and oxygen atoms in total. The lowest BCUT2D eigenvalue weighted by Gasteiger charge is -2.33. The van der Waals surface area contributed by atoms with Crippen LogP contribution in [-0.4, -0.2) is 33.2 Å². The molecule has 1 saturated carbocycles. The van der Waals surface area contributed by atoms with E-state index < -0.39 is 11.3 Å². The molecule has 0 unspecified atom stereocenters. The molecule has 1 amide bonds. The minimum absolute atomic E-state index is 0.163. The summed E-state index contributed by atoms with van der Waals surface area (Å²) in [6, 6.07) is 3.62. The third-order valence-corrected chi connectivity index (χ3v) is 4.59. The minimum atomic E-state index is -0.870. The van der Waals surface area contributed by atoms with E-state index in [0.717, 1.165) is 5.56 Å². The van der Waals surface area contributed by atoms with E-state index in [4.69, 9.17) is 10.5 Å². The summed E-state index contributed by atoms with van der Waals surface area (Å²) in [6.45, 7) is 2.39. The van der Waals surface area contributed by atoms with Crippen molar-refractivity contribution >= 4 is 11.7 Å². The largest absolute Gasteiger partial charge is 0.477 e. The van der Waals surface area contributed by atoms with Crippen LogP contribution in [0.5, 0.6) is 5.88 Å². The minimum Gasteiger partial charge on any atom is -0.477 e. The highest BCUT2D eigenvalue weighted by Crippen LogP contribution is 2.37. The summed E-state index contributed by atoms with van der Waals surface area (Å²) in [4.78, 5) is 36.6. The first-order chi connectivity index (χ1) is 12.0. The number of carbonyl (C=O) groups excluding carboxylic acids is 2. The Morgan fingerprint density at radius 3 is 2.60 bits per heavy atom. The molecule has 0 aromatic carbocycles. The smallest absolute Gasteiger partial charge is 0.232 e. The van der Waals surface area contributed by atoms with Gasteiger partial charge in [-0.2, -0.15) is 0 Å². The number of rotatable bonds is 5. The maximum Gasteiger partial charge on any atom is 0.232 e. The maximum absolute atomic E-state index is 12.1. The lowest BCUT2D eigenvalue weighted by molar-refractivity contribution is -0.128. The molecule has 3 rings (SSSR count). The Bertz CT molecular complexity index is 779. The van der Waals surface area contributed by atoms with Crippen molar-refractivity contribution in [1.29, 1.82) is 0 Å². The Balaban J connectivity index is 1.90. The first-order valence-corrected chi connectivity index (χ1v) is 8.28. The molecule has 1 aliphatic carbocycles. The van der Waals surface area contributed by atoms with Gasteiger partial charge in [0.15, 0.2) is 0 Å². The van der Waals surface area contributed by atoms with Crippen LogP contribution in [0.15, 0.2) is 30.7 Å². The van der Waals surface area contributed by atoms with Crippen LogP contribution in [0.2, 0.25) is 0 Å². The van der Waals surface area contributed by atoms with Crippen LogP contribution in [-0.2, 0) is 15.0 Å². The average molecular weight is 340 g/mol. The maximum atomic E-state index is 12.1. The first-order valence-electron chi connectivity index (χ1n) is 8.28. The van der Waals surface area contributed by atoms with Crippen molar-refractivity contribution in [3.05, 3.63) is 36.4 Å². The Kier molecular flexibility index (Phi) is 4.74. The first kappa shape index (κ1) is 17.0. The average Bonchev–Trinajstić information content (AvgIpc) is 2.63. The molecule has 2 heterocycles. The number of ketones is 1. The van der Waals surface area contributed by atoms with Gasteiger partial charge in [0, 0.05) is 24.6 Å². The number of pyridine rings is 1. The van der Waals surface area contributed by atoms with Gasteiger partial charge in [0.1, 0.15) is 5.78 Å². The second-order valence-corrected chi connectivity index (χ2v) is 6.09. The number of hydrogen-bond donors (Lipinski definition) is 1. The van der Waals surface area contributed by atoms with Gasteiger partial charge in [0.25, 0.3) is 0 Å². The fourth-order valence-corrected chi connectivity index (χ4v) is 3.12. The van der Waals surface area contributed by atoms with E-state index in [2.05, 4.69) is 15.0 Å². The molecule has 1 aliphatic rings. The number of ether oxygens (including phenoxy) is 1. The van der Waals surface area contributed by atoms with E-state index in [0.29, 0.717) is 49.6 Å². The molecule has 130 valence electrons. The number of Topliss-reactive ketones (excluding diaryl/α,β-unsaturated/α-hetero) is 1. The summed E-state index contributed by atoms with van der Waals surface area (Å²) in [6.07, 6.45) is 6.36. The highest BCUT2D eigenvalue weighted by molar-refractivity contribution is 5.90. The Labute approximate surface area is 145 Å². The predicted octanol–water partition coefficient (Wildman–Crippen LogP) is 1.80. The van der Waals surface area contributed by atoms with Crippen molar-refractivity contribution in [2.24, 2.45) is 5.73 Å². The predicted molar refractivity (Wildman–Crippen MR) is 90.8 cm³/mol. The van der Waals surface area contributed by atoms with Gasteiger partial charge in [-0.3, -0.25) is 19.6 Å². The lowest BCUT2D eigenvalue weighted by atomic mass is 9.70. The zero-order chi connectivity index (χ0) is 17.9. The van der Waals surface area contributed by atoms with E-state index >= 15 is 0 Å². The summed E-state index contributed by atoms with van der Waals surface area (Å²) in [5.74, 6) is 0.179. The van der Waals surface area contributed by atoms with Crippen molar-refractivity contribution in [3.8, 4) is 17.1 Å². The summed E-state index contributed by atoms with van der Waals surface area (Å²) < 4.78 is 5.36. The van der Waals surface area contributed by atoms with Gasteiger partial charge in [-0.15, -0.1) is 0 Å². The van der Waals surface area contributed by atoms with Gasteiger partial charge in [0.05, 0.1) is 35.8 Å². The highest BCUT2D eigenvalue weighted by atomic mass is 16.5. The zero-order valence-electron chi connectivity index (χ0n) is 14.1. The second-order valence-electron chi connectivity index (χ2n) is 6.09. The molecular formula is C18H20N4O3. The number of nitrogens with zero attached hydrogens (tertiary/aromatic N) is 3. The van der Waals surface area contributed by atoms with E-state index in [1.54, 1.807) is 24.7 Å². The molecule has 2 aromatic rings. The zero-order valence-corrected chi connectivity index (χ0v) is 14.1.